The molecule has 0 radical (unpaired) electrons. The Morgan fingerprint density at radius 1 is 1.40 bits per heavy atom. The average molecular weight is 210 g/mol. The zero-order valence-corrected chi connectivity index (χ0v) is 9.83. The number of hydrogen-bond donors (Lipinski definition) is 1. The van der Waals surface area contributed by atoms with Crippen LogP contribution in [0.2, 0.25) is 0 Å². The van der Waals surface area contributed by atoms with E-state index in [0.29, 0.717) is 18.0 Å². The summed E-state index contributed by atoms with van der Waals surface area (Å²) < 4.78 is 0. The summed E-state index contributed by atoms with van der Waals surface area (Å²) in [5, 5.41) is 3.28. The minimum absolute atomic E-state index is 0.250. The van der Waals surface area contributed by atoms with Crippen LogP contribution in [0.1, 0.15) is 39.5 Å². The Balaban J connectivity index is 2.03. The molecule has 0 saturated carbocycles. The van der Waals surface area contributed by atoms with Crippen molar-refractivity contribution in [3.8, 4) is 0 Å². The normalized spacial score (nSPS) is 36.1. The number of nitrogens with one attached hydrogen (secondary N) is 1. The molecule has 0 bridgehead atoms. The maximum absolute atomic E-state index is 12.3. The van der Waals surface area contributed by atoms with Crippen molar-refractivity contribution in [3.05, 3.63) is 0 Å². The number of carbonyl (C=O) groups excluding carboxylic acids is 1. The molecule has 2 fully saturated rings. The van der Waals surface area contributed by atoms with Gasteiger partial charge in [0.2, 0.25) is 5.91 Å². The van der Waals surface area contributed by atoms with Crippen LogP contribution in [-0.4, -0.2) is 36.0 Å². The van der Waals surface area contributed by atoms with Gasteiger partial charge in [-0.05, 0) is 39.2 Å². The van der Waals surface area contributed by atoms with E-state index in [2.05, 4.69) is 24.1 Å². The van der Waals surface area contributed by atoms with E-state index in [9.17, 15) is 4.79 Å². The first kappa shape index (κ1) is 10.9. The largest absolute Gasteiger partial charge is 0.337 e. The predicted octanol–water partition coefficient (Wildman–Crippen LogP) is 1.39. The number of carbonyl (C=O) groups is 1. The van der Waals surface area contributed by atoms with Gasteiger partial charge in [-0.2, -0.15) is 0 Å². The lowest BCUT2D eigenvalue weighted by atomic mass is 10.1. The number of likely N-dealkylation sites (tertiary alicyclic amines) is 1. The van der Waals surface area contributed by atoms with Crippen LogP contribution in [0.5, 0.6) is 0 Å². The highest BCUT2D eigenvalue weighted by Crippen LogP contribution is 2.28. The third-order valence-electron chi connectivity index (χ3n) is 3.92. The van der Waals surface area contributed by atoms with Crippen molar-refractivity contribution in [2.24, 2.45) is 5.92 Å². The molecule has 2 aliphatic rings. The van der Waals surface area contributed by atoms with Crippen LogP contribution < -0.4 is 5.32 Å². The van der Waals surface area contributed by atoms with Crippen LogP contribution in [0.3, 0.4) is 0 Å². The van der Waals surface area contributed by atoms with Gasteiger partial charge in [-0.25, -0.2) is 0 Å². The molecule has 2 rings (SSSR count). The Kier molecular flexibility index (Phi) is 3.29. The third-order valence-corrected chi connectivity index (χ3v) is 3.92. The van der Waals surface area contributed by atoms with Gasteiger partial charge in [-0.15, -0.1) is 0 Å². The van der Waals surface area contributed by atoms with E-state index in [1.165, 1.54) is 12.8 Å². The molecule has 3 atom stereocenters. The molecule has 2 heterocycles. The fraction of sp³-hybridized carbons (Fsp3) is 0.917. The van der Waals surface area contributed by atoms with Crippen molar-refractivity contribution in [1.29, 1.82) is 0 Å². The molecule has 3 nitrogen and oxygen atoms in total. The highest BCUT2D eigenvalue weighted by molar-refractivity contribution is 5.80. The van der Waals surface area contributed by atoms with E-state index >= 15 is 0 Å². The first-order valence-electron chi connectivity index (χ1n) is 6.27. The summed E-state index contributed by atoms with van der Waals surface area (Å²) in [6.45, 7) is 6.28. The van der Waals surface area contributed by atoms with Crippen LogP contribution in [0.4, 0.5) is 0 Å². The molecule has 15 heavy (non-hydrogen) atoms. The van der Waals surface area contributed by atoms with Crippen molar-refractivity contribution in [2.45, 2.75) is 51.6 Å². The lowest BCUT2D eigenvalue weighted by Crippen LogP contribution is -2.43. The van der Waals surface area contributed by atoms with Gasteiger partial charge in [0.05, 0.1) is 5.92 Å². The summed E-state index contributed by atoms with van der Waals surface area (Å²) in [7, 11) is 0. The second kappa shape index (κ2) is 4.52. The third kappa shape index (κ3) is 2.03. The molecular formula is C12H22N2O. The monoisotopic (exact) mass is 210 g/mol. The van der Waals surface area contributed by atoms with Crippen LogP contribution in [0.15, 0.2) is 0 Å². The molecule has 86 valence electrons. The molecule has 2 saturated heterocycles. The smallest absolute Gasteiger partial charge is 0.227 e. The molecule has 0 aromatic rings. The molecular weight excluding hydrogens is 188 g/mol. The van der Waals surface area contributed by atoms with Gasteiger partial charge in [0, 0.05) is 18.6 Å². The zero-order valence-electron chi connectivity index (χ0n) is 9.83. The van der Waals surface area contributed by atoms with E-state index in [1.54, 1.807) is 0 Å². The Hall–Kier alpha value is -0.570. The topological polar surface area (TPSA) is 32.3 Å². The summed E-state index contributed by atoms with van der Waals surface area (Å²) >= 11 is 0. The summed E-state index contributed by atoms with van der Waals surface area (Å²) in [4.78, 5) is 14.5. The molecule has 0 aromatic heterocycles. The van der Waals surface area contributed by atoms with Gasteiger partial charge in [-0.3, -0.25) is 4.79 Å². The number of rotatable bonds is 2. The van der Waals surface area contributed by atoms with Crippen LogP contribution >= 0.6 is 0 Å². The number of hydrogen-bond acceptors (Lipinski definition) is 2. The molecule has 3 unspecified atom stereocenters. The maximum Gasteiger partial charge on any atom is 0.227 e. The van der Waals surface area contributed by atoms with Crippen molar-refractivity contribution < 1.29 is 4.79 Å². The van der Waals surface area contributed by atoms with Crippen molar-refractivity contribution >= 4 is 5.91 Å². The second-order valence-corrected chi connectivity index (χ2v) is 4.92. The van der Waals surface area contributed by atoms with Crippen molar-refractivity contribution in [3.63, 3.8) is 0 Å². The van der Waals surface area contributed by atoms with E-state index in [-0.39, 0.29) is 5.92 Å². The van der Waals surface area contributed by atoms with E-state index in [4.69, 9.17) is 0 Å². The SMILES string of the molecule is CCC1CCC(C)N1C(=O)C1CCNC1. The van der Waals surface area contributed by atoms with Gasteiger partial charge < -0.3 is 10.2 Å². The molecule has 1 N–H and O–H groups in total. The lowest BCUT2D eigenvalue weighted by Gasteiger charge is -2.30. The van der Waals surface area contributed by atoms with Crippen molar-refractivity contribution in [2.75, 3.05) is 13.1 Å². The van der Waals surface area contributed by atoms with Gasteiger partial charge in [0.1, 0.15) is 0 Å². The first-order valence-corrected chi connectivity index (χ1v) is 6.27. The molecule has 0 aliphatic carbocycles. The molecule has 0 spiro atoms. The Labute approximate surface area is 92.2 Å². The summed E-state index contributed by atoms with van der Waals surface area (Å²) in [5.41, 5.74) is 0. The maximum atomic E-state index is 12.3. The van der Waals surface area contributed by atoms with Gasteiger partial charge in [-0.1, -0.05) is 6.92 Å². The second-order valence-electron chi connectivity index (χ2n) is 4.92. The first-order chi connectivity index (χ1) is 7.24. The fourth-order valence-corrected chi connectivity index (χ4v) is 2.95. The predicted molar refractivity (Wildman–Crippen MR) is 60.6 cm³/mol. The molecule has 3 heteroatoms. The van der Waals surface area contributed by atoms with E-state index in [1.807, 2.05) is 0 Å². The zero-order chi connectivity index (χ0) is 10.8. The van der Waals surface area contributed by atoms with Gasteiger partial charge in [0.25, 0.3) is 0 Å². The van der Waals surface area contributed by atoms with Gasteiger partial charge >= 0.3 is 0 Å². The van der Waals surface area contributed by atoms with Crippen molar-refractivity contribution in [1.82, 2.24) is 10.2 Å². The minimum atomic E-state index is 0.250. The average Bonchev–Trinajstić information content (AvgIpc) is 2.85. The Morgan fingerprint density at radius 2 is 2.20 bits per heavy atom. The minimum Gasteiger partial charge on any atom is -0.337 e. The highest BCUT2D eigenvalue weighted by atomic mass is 16.2. The van der Waals surface area contributed by atoms with E-state index in [0.717, 1.165) is 25.9 Å². The number of nitrogens with zero attached hydrogens (tertiary/aromatic N) is 1. The Bertz CT molecular complexity index is 236. The van der Waals surface area contributed by atoms with Gasteiger partial charge in [0.15, 0.2) is 0 Å². The van der Waals surface area contributed by atoms with Crippen LogP contribution in [0, 0.1) is 5.92 Å². The lowest BCUT2D eigenvalue weighted by molar-refractivity contribution is -0.137. The quantitative estimate of drug-likeness (QED) is 0.747. The molecule has 1 amide bonds. The molecule has 2 aliphatic heterocycles. The van der Waals surface area contributed by atoms with Crippen LogP contribution in [0.25, 0.3) is 0 Å². The fourth-order valence-electron chi connectivity index (χ4n) is 2.95. The molecule has 0 aromatic carbocycles. The van der Waals surface area contributed by atoms with Crippen LogP contribution in [-0.2, 0) is 4.79 Å². The summed E-state index contributed by atoms with van der Waals surface area (Å²) in [6.07, 6.45) is 4.52. The highest BCUT2D eigenvalue weighted by Gasteiger charge is 2.37. The Morgan fingerprint density at radius 3 is 2.80 bits per heavy atom. The number of amides is 1. The summed E-state index contributed by atoms with van der Waals surface area (Å²) in [6, 6.07) is 0.969. The summed E-state index contributed by atoms with van der Waals surface area (Å²) in [5.74, 6) is 0.649. The standard InChI is InChI=1S/C12H22N2O/c1-3-11-5-4-9(2)14(11)12(15)10-6-7-13-8-10/h9-11,13H,3-8H2,1-2H3. The van der Waals surface area contributed by atoms with E-state index < -0.39 is 0 Å².